The summed E-state index contributed by atoms with van der Waals surface area (Å²) in [7, 11) is -1.38. The summed E-state index contributed by atoms with van der Waals surface area (Å²) in [4.78, 5) is 6.54. The highest BCUT2D eigenvalue weighted by molar-refractivity contribution is 14.0. The van der Waals surface area contributed by atoms with Crippen LogP contribution in [-0.2, 0) is 10.0 Å². The van der Waals surface area contributed by atoms with Gasteiger partial charge in [-0.1, -0.05) is 24.3 Å². The van der Waals surface area contributed by atoms with Crippen LogP contribution >= 0.6 is 24.0 Å². The van der Waals surface area contributed by atoms with E-state index in [-0.39, 0.29) is 24.0 Å². The van der Waals surface area contributed by atoms with Crippen LogP contribution in [-0.4, -0.2) is 58.8 Å². The average Bonchev–Trinajstić information content (AvgIpc) is 2.96. The Morgan fingerprint density at radius 1 is 1.33 bits per heavy atom. The van der Waals surface area contributed by atoms with Gasteiger partial charge in [0.05, 0.1) is 6.26 Å². The molecular formula is C16H27IN4O2S. The first-order valence-electron chi connectivity index (χ1n) is 7.86. The number of halogens is 1. The molecule has 0 amide bonds. The van der Waals surface area contributed by atoms with Crippen molar-refractivity contribution in [1.82, 2.24) is 14.9 Å². The van der Waals surface area contributed by atoms with Gasteiger partial charge in [-0.2, -0.15) is 0 Å². The number of aliphatic imine (C=N–C) groups is 1. The highest BCUT2D eigenvalue weighted by Crippen LogP contribution is 2.29. The SMILES string of the molecule is CN=C(NCCNS(C)(=O)=O)N1CCC(c2ccccc2C)C1.I. The molecule has 0 bridgehead atoms. The van der Waals surface area contributed by atoms with Crippen molar-refractivity contribution in [1.29, 1.82) is 0 Å². The molecule has 1 aromatic rings. The van der Waals surface area contributed by atoms with E-state index in [0.717, 1.165) is 31.7 Å². The minimum absolute atomic E-state index is 0. The maximum Gasteiger partial charge on any atom is 0.208 e. The largest absolute Gasteiger partial charge is 0.355 e. The summed E-state index contributed by atoms with van der Waals surface area (Å²) in [5, 5.41) is 3.22. The maximum atomic E-state index is 11.1. The van der Waals surface area contributed by atoms with Crippen LogP contribution in [0.3, 0.4) is 0 Å². The minimum atomic E-state index is -3.14. The van der Waals surface area contributed by atoms with Gasteiger partial charge in [0.2, 0.25) is 10.0 Å². The Hall–Kier alpha value is -0.870. The molecule has 2 rings (SSSR count). The zero-order chi connectivity index (χ0) is 16.9. The molecule has 0 aromatic heterocycles. The lowest BCUT2D eigenvalue weighted by Crippen LogP contribution is -2.43. The van der Waals surface area contributed by atoms with Crippen molar-refractivity contribution in [3.8, 4) is 0 Å². The molecule has 1 atom stereocenters. The van der Waals surface area contributed by atoms with Crippen LogP contribution < -0.4 is 10.0 Å². The lowest BCUT2D eigenvalue weighted by molar-refractivity contribution is 0.486. The smallest absolute Gasteiger partial charge is 0.208 e. The van der Waals surface area contributed by atoms with Gasteiger partial charge in [0.25, 0.3) is 0 Å². The summed E-state index contributed by atoms with van der Waals surface area (Å²) in [5.41, 5.74) is 2.74. The van der Waals surface area contributed by atoms with Gasteiger partial charge < -0.3 is 10.2 Å². The summed E-state index contributed by atoms with van der Waals surface area (Å²) in [6, 6.07) is 8.52. The second-order valence-corrected chi connectivity index (χ2v) is 7.76. The van der Waals surface area contributed by atoms with Gasteiger partial charge in [-0.3, -0.25) is 4.99 Å². The second-order valence-electron chi connectivity index (χ2n) is 5.93. The predicted octanol–water partition coefficient (Wildman–Crippen LogP) is 1.53. The molecule has 1 unspecified atom stereocenters. The molecule has 8 heteroatoms. The fourth-order valence-corrected chi connectivity index (χ4v) is 3.47. The van der Waals surface area contributed by atoms with Crippen molar-refractivity contribution >= 4 is 40.0 Å². The van der Waals surface area contributed by atoms with E-state index < -0.39 is 10.0 Å². The van der Waals surface area contributed by atoms with Gasteiger partial charge >= 0.3 is 0 Å². The lowest BCUT2D eigenvalue weighted by atomic mass is 9.94. The first-order chi connectivity index (χ1) is 10.9. The van der Waals surface area contributed by atoms with Crippen LogP contribution in [0.25, 0.3) is 0 Å². The Bertz CT molecular complexity index is 664. The standard InChI is InChI=1S/C16H26N4O2S.HI/c1-13-6-4-5-7-15(13)14-8-11-20(12-14)16(17-2)18-9-10-19-23(3,21)22;/h4-7,14,19H,8-12H2,1-3H3,(H,17,18);1H. The molecule has 2 N–H and O–H groups in total. The van der Waals surface area contributed by atoms with E-state index in [2.05, 4.69) is 51.1 Å². The van der Waals surface area contributed by atoms with Crippen molar-refractivity contribution in [2.45, 2.75) is 19.3 Å². The molecule has 1 aliphatic rings. The van der Waals surface area contributed by atoms with Crippen LogP contribution in [0, 0.1) is 6.92 Å². The van der Waals surface area contributed by atoms with Crippen LogP contribution in [0.4, 0.5) is 0 Å². The van der Waals surface area contributed by atoms with Crippen LogP contribution in [0.15, 0.2) is 29.3 Å². The topological polar surface area (TPSA) is 73.8 Å². The highest BCUT2D eigenvalue weighted by Gasteiger charge is 2.26. The van der Waals surface area contributed by atoms with Gasteiger partial charge in [-0.25, -0.2) is 13.1 Å². The van der Waals surface area contributed by atoms with Gasteiger partial charge in [0, 0.05) is 39.1 Å². The molecule has 0 radical (unpaired) electrons. The summed E-state index contributed by atoms with van der Waals surface area (Å²) in [6.45, 7) is 4.92. The Balaban J connectivity index is 0.00000288. The summed E-state index contributed by atoms with van der Waals surface area (Å²) in [5.74, 6) is 1.35. The Morgan fingerprint density at radius 3 is 2.67 bits per heavy atom. The molecule has 0 aliphatic carbocycles. The number of hydrogen-bond donors (Lipinski definition) is 2. The van der Waals surface area contributed by atoms with Crippen LogP contribution in [0.2, 0.25) is 0 Å². The van der Waals surface area contributed by atoms with Crippen molar-refractivity contribution < 1.29 is 8.42 Å². The van der Waals surface area contributed by atoms with Crippen LogP contribution in [0.1, 0.15) is 23.5 Å². The number of benzene rings is 1. The van der Waals surface area contributed by atoms with Gasteiger partial charge in [-0.05, 0) is 24.5 Å². The zero-order valence-electron chi connectivity index (χ0n) is 14.4. The molecule has 6 nitrogen and oxygen atoms in total. The summed E-state index contributed by atoms with van der Waals surface area (Å²) in [6.07, 6.45) is 2.27. The number of sulfonamides is 1. The first-order valence-corrected chi connectivity index (χ1v) is 9.75. The number of nitrogens with one attached hydrogen (secondary N) is 2. The van der Waals surface area contributed by atoms with Crippen molar-refractivity contribution in [3.63, 3.8) is 0 Å². The third-order valence-electron chi connectivity index (χ3n) is 4.10. The monoisotopic (exact) mass is 466 g/mol. The fraction of sp³-hybridized carbons (Fsp3) is 0.562. The van der Waals surface area contributed by atoms with E-state index in [4.69, 9.17) is 0 Å². The lowest BCUT2D eigenvalue weighted by Gasteiger charge is -2.22. The van der Waals surface area contributed by atoms with E-state index in [1.165, 1.54) is 11.1 Å². The fourth-order valence-electron chi connectivity index (χ4n) is 2.99. The third-order valence-corrected chi connectivity index (χ3v) is 4.83. The molecule has 0 spiro atoms. The van der Waals surface area contributed by atoms with Crippen molar-refractivity contribution in [2.75, 3.05) is 39.5 Å². The quantitative estimate of drug-likeness (QED) is 0.299. The average molecular weight is 466 g/mol. The first kappa shape index (κ1) is 21.2. The van der Waals surface area contributed by atoms with Gasteiger partial charge in [-0.15, -0.1) is 24.0 Å². The van der Waals surface area contributed by atoms with E-state index in [9.17, 15) is 8.42 Å². The number of aryl methyl sites for hydroxylation is 1. The Labute approximate surface area is 162 Å². The predicted molar refractivity (Wildman–Crippen MR) is 110 cm³/mol. The molecular weight excluding hydrogens is 439 g/mol. The summed E-state index contributed by atoms with van der Waals surface area (Å²) < 4.78 is 24.6. The number of likely N-dealkylation sites (tertiary alicyclic amines) is 1. The Kier molecular flexibility index (Phi) is 8.44. The molecule has 136 valence electrons. The van der Waals surface area contributed by atoms with Crippen LogP contribution in [0.5, 0.6) is 0 Å². The molecule has 0 saturated carbocycles. The summed E-state index contributed by atoms with van der Waals surface area (Å²) >= 11 is 0. The van der Waals surface area contributed by atoms with Gasteiger partial charge in [0.1, 0.15) is 0 Å². The maximum absolute atomic E-state index is 11.1. The second kappa shape index (κ2) is 9.57. The molecule has 1 aliphatic heterocycles. The van der Waals surface area contributed by atoms with E-state index >= 15 is 0 Å². The number of hydrogen-bond acceptors (Lipinski definition) is 3. The molecule has 24 heavy (non-hydrogen) atoms. The van der Waals surface area contributed by atoms with Gasteiger partial charge in [0.15, 0.2) is 5.96 Å². The van der Waals surface area contributed by atoms with E-state index in [1.807, 2.05) is 0 Å². The van der Waals surface area contributed by atoms with Crippen molar-refractivity contribution in [3.05, 3.63) is 35.4 Å². The van der Waals surface area contributed by atoms with Crippen molar-refractivity contribution in [2.24, 2.45) is 4.99 Å². The molecule has 1 heterocycles. The zero-order valence-corrected chi connectivity index (χ0v) is 17.6. The normalized spacial score (nSPS) is 18.4. The molecule has 1 fully saturated rings. The molecule has 1 saturated heterocycles. The van der Waals surface area contributed by atoms with E-state index in [0.29, 0.717) is 19.0 Å². The number of nitrogens with zero attached hydrogens (tertiary/aromatic N) is 2. The molecule has 1 aromatic carbocycles. The Morgan fingerprint density at radius 2 is 2.04 bits per heavy atom. The van der Waals surface area contributed by atoms with E-state index in [1.54, 1.807) is 7.05 Å². The number of guanidine groups is 1. The third kappa shape index (κ3) is 6.21. The highest BCUT2D eigenvalue weighted by atomic mass is 127. The minimum Gasteiger partial charge on any atom is -0.355 e. The number of rotatable bonds is 5.